The van der Waals surface area contributed by atoms with Gasteiger partial charge in [0, 0.05) is 24.7 Å². The van der Waals surface area contributed by atoms with Gasteiger partial charge in [-0.3, -0.25) is 4.79 Å². The first kappa shape index (κ1) is 17.8. The number of aromatic nitrogens is 3. The fourth-order valence-electron chi connectivity index (χ4n) is 3.28. The Kier molecular flexibility index (Phi) is 4.80. The molecule has 0 unspecified atom stereocenters. The van der Waals surface area contributed by atoms with Crippen LogP contribution in [0.4, 0.5) is 10.1 Å². The maximum absolute atomic E-state index is 14.2. The number of halogens is 1. The van der Waals surface area contributed by atoms with Gasteiger partial charge in [0.15, 0.2) is 0 Å². The summed E-state index contributed by atoms with van der Waals surface area (Å²) in [6.07, 6.45) is 5.35. The SMILES string of the molecule is C=CC(=O)NCCc1c[nH]c2c(NCc3ccc4nc[nH]c4c3)cc(F)cc12. The summed E-state index contributed by atoms with van der Waals surface area (Å²) in [4.78, 5) is 21.8. The Balaban J connectivity index is 1.53. The Morgan fingerprint density at radius 1 is 1.25 bits per heavy atom. The number of rotatable bonds is 7. The zero-order valence-electron chi connectivity index (χ0n) is 15.2. The normalized spacial score (nSPS) is 11.0. The Morgan fingerprint density at radius 3 is 3.00 bits per heavy atom. The molecule has 1 amide bonds. The van der Waals surface area contributed by atoms with E-state index < -0.39 is 0 Å². The highest BCUT2D eigenvalue weighted by molar-refractivity contribution is 5.93. The summed E-state index contributed by atoms with van der Waals surface area (Å²) in [5.74, 6) is -0.530. The minimum atomic E-state index is -0.310. The number of carbonyl (C=O) groups is 1. The van der Waals surface area contributed by atoms with Gasteiger partial charge in [0.1, 0.15) is 5.82 Å². The van der Waals surface area contributed by atoms with Crippen molar-refractivity contribution in [3.63, 3.8) is 0 Å². The number of carbonyl (C=O) groups excluding carboxylic acids is 1. The number of imidazole rings is 1. The molecule has 7 heteroatoms. The van der Waals surface area contributed by atoms with Crippen molar-refractivity contribution >= 4 is 33.5 Å². The van der Waals surface area contributed by atoms with Gasteiger partial charge in [-0.1, -0.05) is 12.6 Å². The molecule has 0 aliphatic heterocycles. The molecule has 0 saturated carbocycles. The highest BCUT2D eigenvalue weighted by Gasteiger charge is 2.11. The number of anilines is 1. The van der Waals surface area contributed by atoms with E-state index >= 15 is 0 Å². The molecule has 2 aromatic carbocycles. The molecule has 0 atom stereocenters. The molecule has 0 fully saturated rings. The molecule has 0 radical (unpaired) electrons. The summed E-state index contributed by atoms with van der Waals surface area (Å²) in [6.45, 7) is 4.44. The highest BCUT2D eigenvalue weighted by atomic mass is 19.1. The minimum Gasteiger partial charge on any atom is -0.379 e. The number of H-pyrrole nitrogens is 2. The second-order valence-electron chi connectivity index (χ2n) is 6.54. The summed E-state index contributed by atoms with van der Waals surface area (Å²) in [5.41, 5.74) is 5.42. The van der Waals surface area contributed by atoms with E-state index in [0.717, 1.165) is 33.1 Å². The van der Waals surface area contributed by atoms with E-state index in [-0.39, 0.29) is 11.7 Å². The van der Waals surface area contributed by atoms with Crippen molar-refractivity contribution in [1.82, 2.24) is 20.3 Å². The fraction of sp³-hybridized carbons (Fsp3) is 0.143. The van der Waals surface area contributed by atoms with Gasteiger partial charge < -0.3 is 20.6 Å². The van der Waals surface area contributed by atoms with Crippen LogP contribution in [0.15, 0.2) is 55.5 Å². The molecule has 28 heavy (non-hydrogen) atoms. The standard InChI is InChI=1S/C21H20FN5O/c1-2-20(28)23-6-5-14-11-25-21-16(14)8-15(22)9-19(21)24-10-13-3-4-17-18(7-13)27-12-26-17/h2-4,7-9,11-12,24-25H,1,5-6,10H2,(H,23,28)(H,26,27). The summed E-state index contributed by atoms with van der Waals surface area (Å²) in [5, 5.41) is 6.85. The van der Waals surface area contributed by atoms with Crippen LogP contribution in [0.3, 0.4) is 0 Å². The van der Waals surface area contributed by atoms with E-state index in [9.17, 15) is 9.18 Å². The van der Waals surface area contributed by atoms with Crippen LogP contribution in [-0.4, -0.2) is 27.4 Å². The van der Waals surface area contributed by atoms with Gasteiger partial charge in [-0.15, -0.1) is 0 Å². The number of aromatic amines is 2. The van der Waals surface area contributed by atoms with Gasteiger partial charge in [0.05, 0.1) is 28.6 Å². The van der Waals surface area contributed by atoms with Crippen molar-refractivity contribution in [2.45, 2.75) is 13.0 Å². The Bertz CT molecular complexity index is 1160. The third kappa shape index (κ3) is 3.59. The summed E-state index contributed by atoms with van der Waals surface area (Å²) in [6, 6.07) is 8.97. The van der Waals surface area contributed by atoms with Crippen molar-refractivity contribution in [3.8, 4) is 0 Å². The molecule has 2 heterocycles. The third-order valence-corrected chi connectivity index (χ3v) is 4.69. The van der Waals surface area contributed by atoms with Crippen molar-refractivity contribution in [2.24, 2.45) is 0 Å². The molecular formula is C21H20FN5O. The quantitative estimate of drug-likeness (QED) is 0.371. The van der Waals surface area contributed by atoms with E-state index in [1.54, 1.807) is 6.33 Å². The average molecular weight is 377 g/mol. The predicted molar refractivity (Wildman–Crippen MR) is 109 cm³/mol. The first-order chi connectivity index (χ1) is 13.6. The van der Waals surface area contributed by atoms with Crippen molar-refractivity contribution in [1.29, 1.82) is 0 Å². The van der Waals surface area contributed by atoms with Crippen LogP contribution < -0.4 is 10.6 Å². The summed E-state index contributed by atoms with van der Waals surface area (Å²) in [7, 11) is 0. The predicted octanol–water partition coefficient (Wildman–Crippen LogP) is 3.64. The number of benzene rings is 2. The minimum absolute atomic E-state index is 0.220. The maximum Gasteiger partial charge on any atom is 0.243 e. The zero-order chi connectivity index (χ0) is 19.5. The summed E-state index contributed by atoms with van der Waals surface area (Å²) < 4.78 is 14.2. The van der Waals surface area contributed by atoms with E-state index in [1.807, 2.05) is 24.4 Å². The van der Waals surface area contributed by atoms with Gasteiger partial charge in [0.25, 0.3) is 0 Å². The number of nitrogens with one attached hydrogen (secondary N) is 4. The molecule has 4 rings (SSSR count). The van der Waals surface area contributed by atoms with E-state index in [1.165, 1.54) is 18.2 Å². The van der Waals surface area contributed by atoms with Crippen LogP contribution in [-0.2, 0) is 17.8 Å². The molecule has 4 aromatic rings. The van der Waals surface area contributed by atoms with E-state index in [2.05, 4.69) is 32.2 Å². The second kappa shape index (κ2) is 7.56. The van der Waals surface area contributed by atoms with Crippen molar-refractivity contribution < 1.29 is 9.18 Å². The van der Waals surface area contributed by atoms with Crippen LogP contribution in [0.5, 0.6) is 0 Å². The maximum atomic E-state index is 14.2. The molecule has 142 valence electrons. The Hall–Kier alpha value is -3.61. The number of hydrogen-bond donors (Lipinski definition) is 4. The molecule has 0 aliphatic carbocycles. The largest absolute Gasteiger partial charge is 0.379 e. The molecule has 0 bridgehead atoms. The Labute approximate surface area is 160 Å². The second-order valence-corrected chi connectivity index (χ2v) is 6.54. The fourth-order valence-corrected chi connectivity index (χ4v) is 3.28. The number of nitrogens with zero attached hydrogens (tertiary/aromatic N) is 1. The molecule has 0 saturated heterocycles. The lowest BCUT2D eigenvalue weighted by Crippen LogP contribution is -2.23. The lowest BCUT2D eigenvalue weighted by atomic mass is 10.1. The van der Waals surface area contributed by atoms with Crippen LogP contribution in [0.25, 0.3) is 21.9 Å². The van der Waals surface area contributed by atoms with Gasteiger partial charge in [-0.25, -0.2) is 9.37 Å². The lowest BCUT2D eigenvalue weighted by Gasteiger charge is -2.09. The van der Waals surface area contributed by atoms with Crippen LogP contribution in [0.1, 0.15) is 11.1 Å². The molecular weight excluding hydrogens is 357 g/mol. The van der Waals surface area contributed by atoms with E-state index in [4.69, 9.17) is 0 Å². The first-order valence-electron chi connectivity index (χ1n) is 8.99. The van der Waals surface area contributed by atoms with Crippen molar-refractivity contribution in [3.05, 3.63) is 72.5 Å². The third-order valence-electron chi connectivity index (χ3n) is 4.69. The Morgan fingerprint density at radius 2 is 2.14 bits per heavy atom. The van der Waals surface area contributed by atoms with Crippen molar-refractivity contribution in [2.75, 3.05) is 11.9 Å². The smallest absolute Gasteiger partial charge is 0.243 e. The number of hydrogen-bond acceptors (Lipinski definition) is 3. The average Bonchev–Trinajstić information content (AvgIpc) is 3.32. The number of amides is 1. The lowest BCUT2D eigenvalue weighted by molar-refractivity contribution is -0.116. The molecule has 6 nitrogen and oxygen atoms in total. The number of fused-ring (bicyclic) bond motifs is 2. The topological polar surface area (TPSA) is 85.6 Å². The van der Waals surface area contributed by atoms with Crippen LogP contribution >= 0.6 is 0 Å². The van der Waals surface area contributed by atoms with Gasteiger partial charge >= 0.3 is 0 Å². The molecule has 0 spiro atoms. The summed E-state index contributed by atoms with van der Waals surface area (Å²) >= 11 is 0. The molecule has 0 aliphatic rings. The van der Waals surface area contributed by atoms with Crippen LogP contribution in [0.2, 0.25) is 0 Å². The monoisotopic (exact) mass is 377 g/mol. The molecule has 2 aromatic heterocycles. The highest BCUT2D eigenvalue weighted by Crippen LogP contribution is 2.28. The molecule has 4 N–H and O–H groups in total. The zero-order valence-corrected chi connectivity index (χ0v) is 15.2. The first-order valence-corrected chi connectivity index (χ1v) is 8.99. The van der Waals surface area contributed by atoms with Crippen LogP contribution in [0, 0.1) is 5.82 Å². The van der Waals surface area contributed by atoms with Gasteiger partial charge in [-0.2, -0.15) is 0 Å². The van der Waals surface area contributed by atoms with Gasteiger partial charge in [0.2, 0.25) is 5.91 Å². The van der Waals surface area contributed by atoms with Gasteiger partial charge in [-0.05, 0) is 47.9 Å². The van der Waals surface area contributed by atoms with E-state index in [0.29, 0.717) is 25.2 Å².